The van der Waals surface area contributed by atoms with Crippen molar-refractivity contribution >= 4 is 47.1 Å². The van der Waals surface area contributed by atoms with Crippen LogP contribution in [0, 0.1) is 6.92 Å². The number of rotatable bonds is 7. The maximum absolute atomic E-state index is 12.1. The summed E-state index contributed by atoms with van der Waals surface area (Å²) in [4.78, 5) is 12.1. The Morgan fingerprint density at radius 3 is 2.66 bits per heavy atom. The summed E-state index contributed by atoms with van der Waals surface area (Å²) in [6.07, 6.45) is 1.48. The predicted octanol–water partition coefficient (Wildman–Crippen LogP) is 4.82. The zero-order valence-corrected chi connectivity index (χ0v) is 18.2. The van der Waals surface area contributed by atoms with E-state index in [4.69, 9.17) is 23.2 Å². The number of hydrogen-bond acceptors (Lipinski definition) is 5. The zero-order chi connectivity index (χ0) is 20.8. The van der Waals surface area contributed by atoms with Gasteiger partial charge in [0.25, 0.3) is 5.91 Å². The molecule has 3 rings (SSSR count). The molecule has 0 fully saturated rings. The number of thioether (sulfide) groups is 1. The first kappa shape index (κ1) is 21.4. The molecule has 0 bridgehead atoms. The van der Waals surface area contributed by atoms with Crippen LogP contribution in [0.3, 0.4) is 0 Å². The van der Waals surface area contributed by atoms with Crippen LogP contribution in [0.25, 0.3) is 11.4 Å². The Bertz CT molecular complexity index is 1030. The van der Waals surface area contributed by atoms with Crippen LogP contribution in [0.5, 0.6) is 0 Å². The van der Waals surface area contributed by atoms with Gasteiger partial charge in [-0.05, 0) is 26.0 Å². The van der Waals surface area contributed by atoms with Gasteiger partial charge in [-0.3, -0.25) is 4.79 Å². The van der Waals surface area contributed by atoms with Crippen LogP contribution in [-0.2, 0) is 11.3 Å². The van der Waals surface area contributed by atoms with Gasteiger partial charge in [0.2, 0.25) is 0 Å². The van der Waals surface area contributed by atoms with E-state index < -0.39 is 0 Å². The molecule has 0 saturated carbocycles. The fourth-order valence-electron chi connectivity index (χ4n) is 2.54. The van der Waals surface area contributed by atoms with Gasteiger partial charge in [0.05, 0.1) is 17.0 Å². The second-order valence-corrected chi connectivity index (χ2v) is 7.95. The van der Waals surface area contributed by atoms with E-state index >= 15 is 0 Å². The van der Waals surface area contributed by atoms with Crippen molar-refractivity contribution in [1.29, 1.82) is 0 Å². The highest BCUT2D eigenvalue weighted by atomic mass is 35.5. The van der Waals surface area contributed by atoms with E-state index in [1.54, 1.807) is 18.2 Å². The van der Waals surface area contributed by atoms with E-state index in [1.807, 2.05) is 42.7 Å². The fraction of sp³-hybridized carbons (Fsp3) is 0.200. The highest BCUT2D eigenvalue weighted by Gasteiger charge is 2.14. The zero-order valence-electron chi connectivity index (χ0n) is 15.9. The smallest absolute Gasteiger partial charge is 0.250 e. The number of hydrazone groups is 1. The summed E-state index contributed by atoms with van der Waals surface area (Å²) in [6, 6.07) is 13.2. The number of amides is 1. The lowest BCUT2D eigenvalue weighted by Crippen LogP contribution is -2.20. The molecule has 0 aliphatic carbocycles. The molecule has 6 nitrogen and oxygen atoms in total. The maximum Gasteiger partial charge on any atom is 0.250 e. The normalized spacial score (nSPS) is 11.2. The number of carbonyl (C=O) groups excluding carboxylic acids is 1. The number of aromatic nitrogens is 3. The summed E-state index contributed by atoms with van der Waals surface area (Å²) in [5, 5.41) is 14.1. The second-order valence-electron chi connectivity index (χ2n) is 6.16. The SMILES string of the molecule is CCn1c(SCC(=O)N/N=C/c2ccc(Cl)cc2Cl)nnc1-c1ccc(C)cc1. The van der Waals surface area contributed by atoms with Crippen molar-refractivity contribution in [1.82, 2.24) is 20.2 Å². The first-order valence-corrected chi connectivity index (χ1v) is 10.6. The molecule has 29 heavy (non-hydrogen) atoms. The number of halogens is 2. The molecule has 1 N–H and O–H groups in total. The van der Waals surface area contributed by atoms with Crippen LogP contribution in [0.1, 0.15) is 18.1 Å². The summed E-state index contributed by atoms with van der Waals surface area (Å²) in [5.41, 5.74) is 5.33. The minimum Gasteiger partial charge on any atom is -0.302 e. The van der Waals surface area contributed by atoms with Crippen LogP contribution >= 0.6 is 35.0 Å². The molecule has 9 heteroatoms. The molecular weight excluding hydrogens is 429 g/mol. The van der Waals surface area contributed by atoms with Crippen molar-refractivity contribution in [2.75, 3.05) is 5.75 Å². The molecule has 3 aromatic rings. The summed E-state index contributed by atoms with van der Waals surface area (Å²) < 4.78 is 1.99. The lowest BCUT2D eigenvalue weighted by Gasteiger charge is -2.07. The molecule has 0 spiro atoms. The third-order valence-corrected chi connectivity index (χ3v) is 5.56. The van der Waals surface area contributed by atoms with Gasteiger partial charge in [0.15, 0.2) is 11.0 Å². The van der Waals surface area contributed by atoms with Gasteiger partial charge in [-0.1, -0.05) is 70.9 Å². The largest absolute Gasteiger partial charge is 0.302 e. The van der Waals surface area contributed by atoms with Crippen molar-refractivity contribution < 1.29 is 4.79 Å². The monoisotopic (exact) mass is 447 g/mol. The average Bonchev–Trinajstić information content (AvgIpc) is 3.11. The van der Waals surface area contributed by atoms with Crippen LogP contribution in [0.2, 0.25) is 10.0 Å². The fourth-order valence-corrected chi connectivity index (χ4v) is 3.79. The number of nitrogens with zero attached hydrogens (tertiary/aromatic N) is 4. The van der Waals surface area contributed by atoms with Gasteiger partial charge in [0.1, 0.15) is 0 Å². The molecule has 1 aromatic heterocycles. The second kappa shape index (κ2) is 9.91. The van der Waals surface area contributed by atoms with Crippen molar-refractivity contribution in [3.63, 3.8) is 0 Å². The first-order chi connectivity index (χ1) is 14.0. The van der Waals surface area contributed by atoms with Gasteiger partial charge < -0.3 is 4.57 Å². The number of aryl methyl sites for hydroxylation is 1. The van der Waals surface area contributed by atoms with Gasteiger partial charge in [-0.25, -0.2) is 5.43 Å². The first-order valence-electron chi connectivity index (χ1n) is 8.88. The molecule has 1 heterocycles. The number of benzene rings is 2. The molecule has 1 amide bonds. The summed E-state index contributed by atoms with van der Waals surface area (Å²) in [6.45, 7) is 4.76. The van der Waals surface area contributed by atoms with Gasteiger partial charge >= 0.3 is 0 Å². The topological polar surface area (TPSA) is 72.2 Å². The molecular formula is C20H19Cl2N5OS. The highest BCUT2D eigenvalue weighted by Crippen LogP contribution is 2.24. The minimum atomic E-state index is -0.251. The number of nitrogens with one attached hydrogen (secondary N) is 1. The Morgan fingerprint density at radius 2 is 1.97 bits per heavy atom. The summed E-state index contributed by atoms with van der Waals surface area (Å²) in [7, 11) is 0. The molecule has 0 aliphatic heterocycles. The van der Waals surface area contributed by atoms with E-state index in [0.29, 0.717) is 27.3 Å². The lowest BCUT2D eigenvalue weighted by atomic mass is 10.1. The van der Waals surface area contributed by atoms with E-state index in [2.05, 4.69) is 20.7 Å². The predicted molar refractivity (Wildman–Crippen MR) is 119 cm³/mol. The Hall–Kier alpha value is -2.35. The van der Waals surface area contributed by atoms with Gasteiger partial charge in [-0.15, -0.1) is 10.2 Å². The average molecular weight is 448 g/mol. The number of hydrogen-bond donors (Lipinski definition) is 1. The van der Waals surface area contributed by atoms with E-state index in [0.717, 1.165) is 11.4 Å². The van der Waals surface area contributed by atoms with Crippen LogP contribution < -0.4 is 5.43 Å². The molecule has 0 saturated heterocycles. The molecule has 0 atom stereocenters. The van der Waals surface area contributed by atoms with Crippen molar-refractivity contribution in [3.8, 4) is 11.4 Å². The van der Waals surface area contributed by atoms with Crippen LogP contribution in [-0.4, -0.2) is 32.6 Å². The Balaban J connectivity index is 1.60. The standard InChI is InChI=1S/C20H19Cl2N5OS/c1-3-27-19(14-6-4-13(2)5-7-14)25-26-20(27)29-12-18(28)24-23-11-15-8-9-16(21)10-17(15)22/h4-11H,3,12H2,1-2H3,(H,24,28)/b23-11+. The Labute approximate surface area is 183 Å². The number of carbonyl (C=O) groups is 1. The maximum atomic E-state index is 12.1. The Kier molecular flexibility index (Phi) is 7.30. The molecule has 0 radical (unpaired) electrons. The van der Waals surface area contributed by atoms with Crippen molar-refractivity contribution in [3.05, 3.63) is 63.6 Å². The molecule has 0 unspecified atom stereocenters. The minimum absolute atomic E-state index is 0.164. The molecule has 150 valence electrons. The van der Waals surface area contributed by atoms with Crippen LogP contribution in [0.4, 0.5) is 0 Å². The third kappa shape index (κ3) is 5.59. The molecule has 2 aromatic carbocycles. The van der Waals surface area contributed by atoms with E-state index in [-0.39, 0.29) is 11.7 Å². The summed E-state index contributed by atoms with van der Waals surface area (Å²) >= 11 is 13.2. The quantitative estimate of drug-likeness (QED) is 0.320. The van der Waals surface area contributed by atoms with Crippen LogP contribution in [0.15, 0.2) is 52.7 Å². The Morgan fingerprint density at radius 1 is 1.21 bits per heavy atom. The van der Waals surface area contributed by atoms with Gasteiger partial charge in [-0.2, -0.15) is 5.10 Å². The van der Waals surface area contributed by atoms with Crippen molar-refractivity contribution in [2.45, 2.75) is 25.5 Å². The third-order valence-electron chi connectivity index (χ3n) is 4.03. The van der Waals surface area contributed by atoms with E-state index in [1.165, 1.54) is 23.5 Å². The highest BCUT2D eigenvalue weighted by molar-refractivity contribution is 7.99. The molecule has 0 aliphatic rings. The van der Waals surface area contributed by atoms with E-state index in [9.17, 15) is 4.79 Å². The summed E-state index contributed by atoms with van der Waals surface area (Å²) in [5.74, 6) is 0.697. The van der Waals surface area contributed by atoms with Crippen molar-refractivity contribution in [2.24, 2.45) is 5.10 Å². The lowest BCUT2D eigenvalue weighted by molar-refractivity contribution is -0.118. The van der Waals surface area contributed by atoms with Gasteiger partial charge in [0, 0.05) is 22.7 Å².